The number of hydrogen-bond acceptors (Lipinski definition) is 3. The predicted octanol–water partition coefficient (Wildman–Crippen LogP) is 2.39. The fourth-order valence-corrected chi connectivity index (χ4v) is 4.27. The number of amides is 1. The molecule has 0 saturated carbocycles. The van der Waals surface area contributed by atoms with Crippen LogP contribution in [0.5, 0.6) is 0 Å². The first-order chi connectivity index (χ1) is 11.1. The number of pyridine rings is 1. The molecule has 4 rings (SSSR count). The van der Waals surface area contributed by atoms with Crippen LogP contribution in [0.1, 0.15) is 48.8 Å². The molecule has 1 N–H and O–H groups in total. The largest absolute Gasteiger partial charge is 0.332 e. The lowest BCUT2D eigenvalue weighted by Crippen LogP contribution is -2.65. The first-order valence-electron chi connectivity index (χ1n) is 8.59. The third kappa shape index (κ3) is 2.34. The molecular formula is C18H24N4O. The number of fused-ring (bicyclic) bond motifs is 2. The van der Waals surface area contributed by atoms with Gasteiger partial charge < -0.3 is 14.6 Å². The molecule has 2 atom stereocenters. The highest BCUT2D eigenvalue weighted by molar-refractivity contribution is 5.93. The fraction of sp³-hybridized carbons (Fsp3) is 0.556. The Hall–Kier alpha value is -1.88. The molecule has 2 fully saturated rings. The smallest absolute Gasteiger partial charge is 0.274 e. The van der Waals surface area contributed by atoms with Crippen LogP contribution in [0.2, 0.25) is 0 Å². The van der Waals surface area contributed by atoms with E-state index in [-0.39, 0.29) is 17.5 Å². The van der Waals surface area contributed by atoms with Gasteiger partial charge in [0, 0.05) is 30.0 Å². The van der Waals surface area contributed by atoms with Crippen LogP contribution < -0.4 is 5.32 Å². The lowest BCUT2D eigenvalue weighted by Gasteiger charge is -2.51. The third-order valence-corrected chi connectivity index (χ3v) is 5.57. The van der Waals surface area contributed by atoms with Gasteiger partial charge in [0.05, 0.1) is 0 Å². The summed E-state index contributed by atoms with van der Waals surface area (Å²) in [6.07, 6.45) is 6.30. The SMILES string of the molecule is Cc1cccc2nc(C(=O)N3CCC[C@]4(C)NCCC[C@@H]34)cn12. The zero-order chi connectivity index (χ0) is 16.0. The molecule has 0 unspecified atom stereocenters. The summed E-state index contributed by atoms with van der Waals surface area (Å²) in [6, 6.07) is 6.25. The van der Waals surface area contributed by atoms with Crippen LogP contribution >= 0.6 is 0 Å². The van der Waals surface area contributed by atoms with E-state index in [9.17, 15) is 4.79 Å². The van der Waals surface area contributed by atoms with Crippen molar-refractivity contribution in [1.82, 2.24) is 19.6 Å². The molecule has 0 aliphatic carbocycles. The number of carbonyl (C=O) groups is 1. The van der Waals surface area contributed by atoms with Crippen molar-refractivity contribution in [2.75, 3.05) is 13.1 Å². The summed E-state index contributed by atoms with van der Waals surface area (Å²) in [4.78, 5) is 19.7. The lowest BCUT2D eigenvalue weighted by atomic mass is 9.78. The Labute approximate surface area is 136 Å². The van der Waals surface area contributed by atoms with Crippen LogP contribution in [-0.4, -0.2) is 44.9 Å². The van der Waals surface area contributed by atoms with Gasteiger partial charge in [0.15, 0.2) is 0 Å². The number of nitrogens with zero attached hydrogens (tertiary/aromatic N) is 3. The highest BCUT2D eigenvalue weighted by Gasteiger charge is 2.44. The number of nitrogens with one attached hydrogen (secondary N) is 1. The Kier molecular flexibility index (Phi) is 3.41. The van der Waals surface area contributed by atoms with E-state index in [2.05, 4.69) is 22.1 Å². The number of carbonyl (C=O) groups excluding carboxylic acids is 1. The van der Waals surface area contributed by atoms with Gasteiger partial charge in [0.2, 0.25) is 0 Å². The lowest BCUT2D eigenvalue weighted by molar-refractivity contribution is 0.0249. The summed E-state index contributed by atoms with van der Waals surface area (Å²) in [6.45, 7) is 6.20. The molecule has 4 heterocycles. The van der Waals surface area contributed by atoms with Gasteiger partial charge in [-0.2, -0.15) is 0 Å². The number of imidazole rings is 1. The molecule has 5 nitrogen and oxygen atoms in total. The summed E-state index contributed by atoms with van der Waals surface area (Å²) in [5.41, 5.74) is 2.56. The Morgan fingerprint density at radius 2 is 2.26 bits per heavy atom. The average molecular weight is 312 g/mol. The Morgan fingerprint density at radius 1 is 1.39 bits per heavy atom. The zero-order valence-corrected chi connectivity index (χ0v) is 13.9. The minimum absolute atomic E-state index is 0.0568. The van der Waals surface area contributed by atoms with Crippen LogP contribution in [0.3, 0.4) is 0 Å². The summed E-state index contributed by atoms with van der Waals surface area (Å²) in [5, 5.41) is 3.65. The number of piperidine rings is 2. The molecule has 23 heavy (non-hydrogen) atoms. The molecule has 0 aromatic carbocycles. The van der Waals surface area contributed by atoms with Gasteiger partial charge in [0.25, 0.3) is 5.91 Å². The Morgan fingerprint density at radius 3 is 3.09 bits per heavy atom. The zero-order valence-electron chi connectivity index (χ0n) is 13.9. The van der Waals surface area contributed by atoms with Gasteiger partial charge in [-0.15, -0.1) is 0 Å². The molecule has 1 amide bonds. The van der Waals surface area contributed by atoms with E-state index in [0.29, 0.717) is 5.69 Å². The second-order valence-corrected chi connectivity index (χ2v) is 7.13. The van der Waals surface area contributed by atoms with E-state index < -0.39 is 0 Å². The molecule has 0 spiro atoms. The average Bonchev–Trinajstić information content (AvgIpc) is 2.98. The molecule has 2 aromatic rings. The van der Waals surface area contributed by atoms with E-state index in [4.69, 9.17) is 0 Å². The molecule has 122 valence electrons. The maximum Gasteiger partial charge on any atom is 0.274 e. The fourth-order valence-electron chi connectivity index (χ4n) is 4.27. The van der Waals surface area contributed by atoms with E-state index in [1.807, 2.05) is 35.7 Å². The maximum absolute atomic E-state index is 13.1. The van der Waals surface area contributed by atoms with Crippen molar-refractivity contribution < 1.29 is 4.79 Å². The predicted molar refractivity (Wildman–Crippen MR) is 89.6 cm³/mol. The van der Waals surface area contributed by atoms with E-state index in [1.165, 1.54) is 0 Å². The van der Waals surface area contributed by atoms with Gasteiger partial charge in [-0.1, -0.05) is 6.07 Å². The second kappa shape index (κ2) is 5.34. The van der Waals surface area contributed by atoms with Crippen LogP contribution in [0.25, 0.3) is 5.65 Å². The third-order valence-electron chi connectivity index (χ3n) is 5.57. The van der Waals surface area contributed by atoms with Crippen molar-refractivity contribution in [2.24, 2.45) is 0 Å². The quantitative estimate of drug-likeness (QED) is 0.879. The molecule has 2 aliphatic heterocycles. The van der Waals surface area contributed by atoms with Gasteiger partial charge in [-0.25, -0.2) is 4.98 Å². The Bertz CT molecular complexity index is 749. The first-order valence-corrected chi connectivity index (χ1v) is 8.59. The minimum atomic E-state index is 0.0568. The van der Waals surface area contributed by atoms with Crippen molar-refractivity contribution in [3.63, 3.8) is 0 Å². The summed E-state index contributed by atoms with van der Waals surface area (Å²) < 4.78 is 2.00. The summed E-state index contributed by atoms with van der Waals surface area (Å²) in [7, 11) is 0. The molecule has 5 heteroatoms. The number of aromatic nitrogens is 2. The number of aryl methyl sites for hydroxylation is 1. The molecule has 2 aromatic heterocycles. The standard InChI is InChI=1S/C18H24N4O/c1-13-6-3-8-16-20-14(12-22(13)16)17(23)21-11-5-9-18(2)15(21)7-4-10-19-18/h3,6,8,12,15,19H,4-5,7,9-11H2,1-2H3/t15-,18+/m1/s1. The summed E-state index contributed by atoms with van der Waals surface area (Å²) in [5.74, 6) is 0.0766. The van der Waals surface area contributed by atoms with Gasteiger partial charge in [-0.05, 0) is 58.2 Å². The van der Waals surface area contributed by atoms with Gasteiger partial charge in [0.1, 0.15) is 11.3 Å². The van der Waals surface area contributed by atoms with Gasteiger partial charge >= 0.3 is 0 Å². The van der Waals surface area contributed by atoms with Crippen molar-refractivity contribution >= 4 is 11.6 Å². The number of hydrogen-bond donors (Lipinski definition) is 1. The van der Waals surface area contributed by atoms with Crippen molar-refractivity contribution in [2.45, 2.75) is 51.1 Å². The Balaban J connectivity index is 1.68. The summed E-state index contributed by atoms with van der Waals surface area (Å²) >= 11 is 0. The van der Waals surface area contributed by atoms with Crippen LogP contribution in [-0.2, 0) is 0 Å². The van der Waals surface area contributed by atoms with Crippen LogP contribution in [0.4, 0.5) is 0 Å². The van der Waals surface area contributed by atoms with Crippen LogP contribution in [0, 0.1) is 6.92 Å². The highest BCUT2D eigenvalue weighted by atomic mass is 16.2. The molecule has 0 bridgehead atoms. The molecular weight excluding hydrogens is 288 g/mol. The van der Waals surface area contributed by atoms with E-state index in [0.717, 1.165) is 50.1 Å². The van der Waals surface area contributed by atoms with Crippen molar-refractivity contribution in [3.8, 4) is 0 Å². The maximum atomic E-state index is 13.1. The van der Waals surface area contributed by atoms with E-state index in [1.54, 1.807) is 0 Å². The number of rotatable bonds is 1. The first kappa shape index (κ1) is 14.7. The second-order valence-electron chi connectivity index (χ2n) is 7.13. The van der Waals surface area contributed by atoms with Crippen LogP contribution in [0.15, 0.2) is 24.4 Å². The highest BCUT2D eigenvalue weighted by Crippen LogP contribution is 2.34. The molecule has 2 saturated heterocycles. The normalized spacial score (nSPS) is 27.9. The van der Waals surface area contributed by atoms with E-state index >= 15 is 0 Å². The molecule has 2 aliphatic rings. The van der Waals surface area contributed by atoms with Crippen molar-refractivity contribution in [1.29, 1.82) is 0 Å². The topological polar surface area (TPSA) is 49.6 Å². The van der Waals surface area contributed by atoms with Gasteiger partial charge in [-0.3, -0.25) is 4.79 Å². The monoisotopic (exact) mass is 312 g/mol. The minimum Gasteiger partial charge on any atom is -0.332 e. The van der Waals surface area contributed by atoms with Crippen molar-refractivity contribution in [3.05, 3.63) is 35.8 Å². The molecule has 0 radical (unpaired) electrons. The number of likely N-dealkylation sites (tertiary alicyclic amines) is 1.